The molecule has 0 bridgehead atoms. The highest BCUT2D eigenvalue weighted by molar-refractivity contribution is 5.91. The van der Waals surface area contributed by atoms with Crippen molar-refractivity contribution in [3.8, 4) is 11.1 Å². The third-order valence-corrected chi connectivity index (χ3v) is 4.56. The summed E-state index contributed by atoms with van der Waals surface area (Å²) in [7, 11) is 0. The minimum Gasteiger partial charge on any atom is -0.459 e. The Bertz CT molecular complexity index is 849. The summed E-state index contributed by atoms with van der Waals surface area (Å²) < 4.78 is 5.26. The van der Waals surface area contributed by atoms with Crippen molar-refractivity contribution in [1.29, 1.82) is 0 Å². The molecule has 1 amide bonds. The predicted molar refractivity (Wildman–Crippen MR) is 91.8 cm³/mol. The van der Waals surface area contributed by atoms with Gasteiger partial charge in [0.15, 0.2) is 5.76 Å². The first-order valence-electron chi connectivity index (χ1n) is 8.36. The van der Waals surface area contributed by atoms with Gasteiger partial charge in [-0.2, -0.15) is 0 Å². The lowest BCUT2D eigenvalue weighted by Crippen LogP contribution is -2.39. The Kier molecular flexibility index (Phi) is 4.24. The molecule has 0 unspecified atom stereocenters. The van der Waals surface area contributed by atoms with Crippen LogP contribution in [0.4, 0.5) is 0 Å². The summed E-state index contributed by atoms with van der Waals surface area (Å²) in [6.07, 6.45) is 10.4. The van der Waals surface area contributed by atoms with Crippen LogP contribution in [-0.4, -0.2) is 38.8 Å². The monoisotopic (exact) mass is 334 g/mol. The zero-order valence-electron chi connectivity index (χ0n) is 13.7. The second kappa shape index (κ2) is 6.84. The van der Waals surface area contributed by atoms with E-state index in [1.54, 1.807) is 30.9 Å². The summed E-state index contributed by atoms with van der Waals surface area (Å²) in [5, 5.41) is 0. The average Bonchev–Trinajstić information content (AvgIpc) is 3.23. The molecule has 1 aliphatic rings. The van der Waals surface area contributed by atoms with Crippen LogP contribution in [0.1, 0.15) is 35.0 Å². The molecule has 0 spiro atoms. The summed E-state index contributed by atoms with van der Waals surface area (Å²) in [6.45, 7) is 1.38. The first-order chi connectivity index (χ1) is 12.3. The third-order valence-electron chi connectivity index (χ3n) is 4.56. The maximum atomic E-state index is 12.6. The fourth-order valence-electron chi connectivity index (χ4n) is 3.36. The Morgan fingerprint density at radius 2 is 2.08 bits per heavy atom. The van der Waals surface area contributed by atoms with E-state index in [1.807, 2.05) is 23.2 Å². The average molecular weight is 334 g/mol. The second-order valence-corrected chi connectivity index (χ2v) is 6.13. The van der Waals surface area contributed by atoms with Crippen LogP contribution in [0.25, 0.3) is 11.1 Å². The number of rotatable bonds is 3. The zero-order valence-corrected chi connectivity index (χ0v) is 13.7. The van der Waals surface area contributed by atoms with Crippen molar-refractivity contribution in [2.45, 2.75) is 18.8 Å². The van der Waals surface area contributed by atoms with Gasteiger partial charge >= 0.3 is 0 Å². The van der Waals surface area contributed by atoms with Crippen LogP contribution in [0, 0.1) is 0 Å². The summed E-state index contributed by atoms with van der Waals surface area (Å²) >= 11 is 0. The number of carbonyl (C=O) groups is 1. The molecule has 25 heavy (non-hydrogen) atoms. The topological polar surface area (TPSA) is 72.1 Å². The Labute approximate surface area is 145 Å². The van der Waals surface area contributed by atoms with Crippen molar-refractivity contribution >= 4 is 5.91 Å². The molecule has 4 rings (SSSR count). The SMILES string of the molecule is O=C(c1ccco1)N1CCC[C@@H](c2ncncc2-c2ccncc2)C1. The number of pyridine rings is 1. The summed E-state index contributed by atoms with van der Waals surface area (Å²) in [6, 6.07) is 7.35. The van der Waals surface area contributed by atoms with E-state index in [1.165, 1.54) is 6.26 Å². The number of nitrogens with zero attached hydrogens (tertiary/aromatic N) is 4. The number of furan rings is 1. The van der Waals surface area contributed by atoms with Gasteiger partial charge in [-0.1, -0.05) is 0 Å². The molecule has 0 aliphatic carbocycles. The molecule has 0 N–H and O–H groups in total. The van der Waals surface area contributed by atoms with E-state index in [0.29, 0.717) is 12.3 Å². The van der Waals surface area contributed by atoms with E-state index in [9.17, 15) is 4.79 Å². The molecule has 1 atom stereocenters. The number of piperidine rings is 1. The number of hydrogen-bond donors (Lipinski definition) is 0. The molecule has 0 radical (unpaired) electrons. The standard InChI is InChI=1S/C19H18N4O2/c24-19(17-4-2-10-25-17)23-9-1-3-15(12-23)18-16(11-21-13-22-18)14-5-7-20-8-6-14/h2,4-8,10-11,13,15H,1,3,9,12H2/t15-/m1/s1. The lowest BCUT2D eigenvalue weighted by molar-refractivity contribution is 0.0674. The normalized spacial score (nSPS) is 17.4. The first kappa shape index (κ1) is 15.5. The van der Waals surface area contributed by atoms with Crippen molar-refractivity contribution < 1.29 is 9.21 Å². The molecule has 1 saturated heterocycles. The number of likely N-dealkylation sites (tertiary alicyclic amines) is 1. The number of hydrogen-bond acceptors (Lipinski definition) is 5. The molecular formula is C19H18N4O2. The van der Waals surface area contributed by atoms with E-state index in [-0.39, 0.29) is 11.8 Å². The van der Waals surface area contributed by atoms with Gasteiger partial charge in [-0.05, 0) is 42.7 Å². The minimum absolute atomic E-state index is 0.0609. The van der Waals surface area contributed by atoms with E-state index in [4.69, 9.17) is 4.42 Å². The highest BCUT2D eigenvalue weighted by Crippen LogP contribution is 2.32. The van der Waals surface area contributed by atoms with Gasteiger partial charge in [0.05, 0.1) is 12.0 Å². The highest BCUT2D eigenvalue weighted by atomic mass is 16.3. The number of amides is 1. The maximum Gasteiger partial charge on any atom is 0.289 e. The van der Waals surface area contributed by atoms with Crippen LogP contribution in [-0.2, 0) is 0 Å². The number of aromatic nitrogens is 3. The van der Waals surface area contributed by atoms with E-state index in [2.05, 4.69) is 15.0 Å². The van der Waals surface area contributed by atoms with Gasteiger partial charge < -0.3 is 9.32 Å². The van der Waals surface area contributed by atoms with Crippen LogP contribution in [0.15, 0.2) is 59.9 Å². The van der Waals surface area contributed by atoms with E-state index in [0.717, 1.165) is 36.2 Å². The van der Waals surface area contributed by atoms with Gasteiger partial charge in [-0.15, -0.1) is 0 Å². The molecule has 6 nitrogen and oxygen atoms in total. The minimum atomic E-state index is -0.0609. The Morgan fingerprint density at radius 1 is 1.20 bits per heavy atom. The van der Waals surface area contributed by atoms with Gasteiger partial charge in [-0.3, -0.25) is 9.78 Å². The molecule has 4 heterocycles. The Hall–Kier alpha value is -3.02. The predicted octanol–water partition coefficient (Wildman–Crippen LogP) is 3.15. The first-order valence-corrected chi connectivity index (χ1v) is 8.36. The van der Waals surface area contributed by atoms with Crippen molar-refractivity contribution in [1.82, 2.24) is 19.9 Å². The molecule has 1 aliphatic heterocycles. The highest BCUT2D eigenvalue weighted by Gasteiger charge is 2.29. The molecule has 0 aromatic carbocycles. The fourth-order valence-corrected chi connectivity index (χ4v) is 3.36. The largest absolute Gasteiger partial charge is 0.459 e. The molecule has 126 valence electrons. The third kappa shape index (κ3) is 3.15. The Balaban J connectivity index is 1.61. The van der Waals surface area contributed by atoms with Gasteiger partial charge in [0.25, 0.3) is 5.91 Å². The molecular weight excluding hydrogens is 316 g/mol. The van der Waals surface area contributed by atoms with Gasteiger partial charge in [0.1, 0.15) is 6.33 Å². The molecule has 0 saturated carbocycles. The number of carbonyl (C=O) groups excluding carboxylic acids is 1. The van der Waals surface area contributed by atoms with Gasteiger partial charge in [-0.25, -0.2) is 9.97 Å². The van der Waals surface area contributed by atoms with Crippen LogP contribution >= 0.6 is 0 Å². The second-order valence-electron chi connectivity index (χ2n) is 6.13. The molecule has 3 aromatic rings. The van der Waals surface area contributed by atoms with Crippen molar-refractivity contribution in [2.24, 2.45) is 0 Å². The van der Waals surface area contributed by atoms with Crippen LogP contribution < -0.4 is 0 Å². The van der Waals surface area contributed by atoms with Crippen molar-refractivity contribution in [2.75, 3.05) is 13.1 Å². The summed E-state index contributed by atoms with van der Waals surface area (Å²) in [4.78, 5) is 27.2. The quantitative estimate of drug-likeness (QED) is 0.736. The van der Waals surface area contributed by atoms with Crippen molar-refractivity contribution in [3.05, 3.63) is 66.9 Å². The van der Waals surface area contributed by atoms with Crippen LogP contribution in [0.5, 0.6) is 0 Å². The van der Waals surface area contributed by atoms with E-state index < -0.39 is 0 Å². The van der Waals surface area contributed by atoms with Gasteiger partial charge in [0, 0.05) is 43.2 Å². The maximum absolute atomic E-state index is 12.6. The molecule has 3 aromatic heterocycles. The fraction of sp³-hybridized carbons (Fsp3) is 0.263. The summed E-state index contributed by atoms with van der Waals surface area (Å²) in [5.74, 6) is 0.505. The van der Waals surface area contributed by atoms with Crippen LogP contribution in [0.3, 0.4) is 0 Å². The zero-order chi connectivity index (χ0) is 17.1. The lowest BCUT2D eigenvalue weighted by Gasteiger charge is -2.32. The van der Waals surface area contributed by atoms with E-state index >= 15 is 0 Å². The molecule has 6 heteroatoms. The van der Waals surface area contributed by atoms with Crippen molar-refractivity contribution in [3.63, 3.8) is 0 Å². The lowest BCUT2D eigenvalue weighted by atomic mass is 9.90. The van der Waals surface area contributed by atoms with Gasteiger partial charge in [0.2, 0.25) is 0 Å². The van der Waals surface area contributed by atoms with Crippen LogP contribution in [0.2, 0.25) is 0 Å². The summed E-state index contributed by atoms with van der Waals surface area (Å²) in [5.41, 5.74) is 3.03. The smallest absolute Gasteiger partial charge is 0.289 e. The molecule has 1 fully saturated rings. The Morgan fingerprint density at radius 3 is 2.88 bits per heavy atom.